The molecule has 0 saturated heterocycles. The third-order valence-corrected chi connectivity index (χ3v) is 23.5. The van der Waals surface area contributed by atoms with Crippen molar-refractivity contribution in [3.05, 3.63) is 518 Å². The predicted octanol–water partition coefficient (Wildman–Crippen LogP) is 29.7. The van der Waals surface area contributed by atoms with Gasteiger partial charge in [-0.1, -0.05) is 406 Å². The Labute approximate surface area is 667 Å². The average molecular weight is 1450 g/mol. The van der Waals surface area contributed by atoms with Gasteiger partial charge in [0.15, 0.2) is 0 Å². The summed E-state index contributed by atoms with van der Waals surface area (Å²) in [6.45, 7) is 0. The molecule has 114 heavy (non-hydrogen) atoms. The first-order valence-corrected chi connectivity index (χ1v) is 39.4. The van der Waals surface area contributed by atoms with E-state index >= 15 is 0 Å². The molecule has 0 bridgehead atoms. The second-order valence-electron chi connectivity index (χ2n) is 29.7. The van der Waals surface area contributed by atoms with Gasteiger partial charge < -0.3 is 9.80 Å². The molecule has 0 heterocycles. The van der Waals surface area contributed by atoms with Crippen LogP contribution in [-0.2, 0) is 10.8 Å². The molecule has 19 aromatic carbocycles. The second kappa shape index (κ2) is 29.6. The lowest BCUT2D eigenvalue weighted by molar-refractivity contribution is 0.751. The van der Waals surface area contributed by atoms with Crippen LogP contribution in [0, 0.1) is 0 Å². The maximum atomic E-state index is 2.45. The van der Waals surface area contributed by atoms with Crippen LogP contribution in [0.4, 0.5) is 34.1 Å². The van der Waals surface area contributed by atoms with Crippen LogP contribution in [-0.4, -0.2) is 0 Å². The number of hydrogen-bond acceptors (Lipinski definition) is 2. The van der Waals surface area contributed by atoms with E-state index in [2.05, 4.69) is 483 Å². The van der Waals surface area contributed by atoms with Crippen LogP contribution in [0.1, 0.15) is 44.5 Å². The van der Waals surface area contributed by atoms with Gasteiger partial charge in [-0.2, -0.15) is 0 Å². The summed E-state index contributed by atoms with van der Waals surface area (Å²) in [7, 11) is 0. The van der Waals surface area contributed by atoms with Gasteiger partial charge >= 0.3 is 0 Å². The number of rotatable bonds is 13. The second-order valence-corrected chi connectivity index (χ2v) is 29.7. The fourth-order valence-corrected chi connectivity index (χ4v) is 18.5. The van der Waals surface area contributed by atoms with Crippen LogP contribution < -0.4 is 9.80 Å². The van der Waals surface area contributed by atoms with Gasteiger partial charge in [0.05, 0.1) is 16.5 Å². The Hall–Kier alpha value is -14.7. The minimum atomic E-state index is -0.633. The van der Waals surface area contributed by atoms with Crippen LogP contribution in [0.5, 0.6) is 0 Å². The minimum absolute atomic E-state index is 0.622. The maximum absolute atomic E-state index is 2.45. The van der Waals surface area contributed by atoms with Crippen LogP contribution in [0.2, 0.25) is 0 Å². The minimum Gasteiger partial charge on any atom is -0.310 e. The van der Waals surface area contributed by atoms with Crippen molar-refractivity contribution in [1.29, 1.82) is 0 Å². The lowest BCUT2D eigenvalue weighted by Crippen LogP contribution is -2.32. The van der Waals surface area contributed by atoms with E-state index in [4.69, 9.17) is 0 Å². The van der Waals surface area contributed by atoms with Crippen molar-refractivity contribution in [2.75, 3.05) is 9.80 Å². The zero-order valence-electron chi connectivity index (χ0n) is 62.9. The van der Waals surface area contributed by atoms with Gasteiger partial charge in [0.25, 0.3) is 0 Å². The molecule has 0 fully saturated rings. The number of anilines is 6. The van der Waals surface area contributed by atoms with Crippen molar-refractivity contribution in [1.82, 2.24) is 0 Å². The van der Waals surface area contributed by atoms with E-state index in [1.807, 2.05) is 0 Å². The molecule has 536 valence electrons. The first kappa shape index (κ1) is 68.6. The first-order valence-electron chi connectivity index (χ1n) is 39.4. The normalized spacial score (nSPS) is 12.5. The summed E-state index contributed by atoms with van der Waals surface area (Å²) < 4.78 is 0. The van der Waals surface area contributed by atoms with E-state index in [-0.39, 0.29) is 0 Å². The highest BCUT2D eigenvalue weighted by molar-refractivity contribution is 6.02. The molecule has 2 aliphatic rings. The van der Waals surface area contributed by atoms with Crippen LogP contribution in [0.3, 0.4) is 0 Å². The van der Waals surface area contributed by atoms with Crippen molar-refractivity contribution in [3.63, 3.8) is 0 Å². The highest BCUT2D eigenvalue weighted by Gasteiger charge is 2.46. The number of benzene rings is 19. The van der Waals surface area contributed by atoms with Crippen molar-refractivity contribution in [3.8, 4) is 77.9 Å². The molecule has 19 aromatic rings. The van der Waals surface area contributed by atoms with E-state index in [0.29, 0.717) is 0 Å². The van der Waals surface area contributed by atoms with Crippen molar-refractivity contribution in [2.45, 2.75) is 10.8 Å². The van der Waals surface area contributed by atoms with Gasteiger partial charge in [-0.05, 0) is 205 Å². The van der Waals surface area contributed by atoms with Crippen molar-refractivity contribution in [2.24, 2.45) is 0 Å². The average Bonchev–Trinajstić information content (AvgIpc) is 1.47. The Morgan fingerprint density at radius 3 is 0.842 bits per heavy atom. The van der Waals surface area contributed by atoms with E-state index in [0.717, 1.165) is 34.1 Å². The molecule has 0 N–H and O–H groups in total. The number of hydrogen-bond donors (Lipinski definition) is 0. The lowest BCUT2D eigenvalue weighted by Gasteiger charge is -2.39. The third kappa shape index (κ3) is 11.9. The molecule has 2 nitrogen and oxygen atoms in total. The Bertz CT molecular complexity index is 6480. The summed E-state index contributed by atoms with van der Waals surface area (Å²) >= 11 is 0. The molecule has 0 aliphatic heterocycles. The van der Waals surface area contributed by atoms with E-state index in [9.17, 15) is 0 Å². The number of fused-ring (bicyclic) bond motifs is 12. The largest absolute Gasteiger partial charge is 0.310 e. The quantitative estimate of drug-likeness (QED) is 0.114. The standard InChI is InChI=1S/C57H39N.C55H39N/c1-2-21-43(22-3-1)57(54-32-12-10-29-52(54)50-27-8-9-28-51(50)53-30-11-13-33-55(53)57)44-23-16-24-46(39-44)58(56-34-15-20-41-18-5-7-26-49(41)56)45-37-35-42(36-38-45)48-31-14-19-40-17-4-6-25-47(40)48;1-4-17-40(18-5-1)42-31-35-46(36-32-42)56(47-37-33-43(34-38-47)41-19-6-2-7-20-41)48-24-16-23-45(39-48)55(44-21-8-3-9-22-44)53-29-14-12-27-51(53)49-25-10-11-26-50(49)52-28-13-15-30-54(52)55/h1-39H;1-39H. The Balaban J connectivity index is 0.000000148. The summed E-state index contributed by atoms with van der Waals surface area (Å²) in [5.41, 5.74) is 32.6. The molecule has 0 aromatic heterocycles. The predicted molar refractivity (Wildman–Crippen MR) is 479 cm³/mol. The summed E-state index contributed by atoms with van der Waals surface area (Å²) in [5, 5.41) is 4.91. The summed E-state index contributed by atoms with van der Waals surface area (Å²) in [5.74, 6) is 0. The summed E-state index contributed by atoms with van der Waals surface area (Å²) in [4.78, 5) is 4.84. The Morgan fingerprint density at radius 1 is 0.149 bits per heavy atom. The van der Waals surface area contributed by atoms with Gasteiger partial charge in [-0.15, -0.1) is 0 Å². The van der Waals surface area contributed by atoms with Gasteiger partial charge in [0.2, 0.25) is 0 Å². The molecule has 0 spiro atoms. The van der Waals surface area contributed by atoms with E-state index in [1.54, 1.807) is 0 Å². The molecular formula is C112H78N2. The summed E-state index contributed by atoms with van der Waals surface area (Å²) in [6.07, 6.45) is 0. The highest BCUT2D eigenvalue weighted by Crippen LogP contribution is 2.58. The SMILES string of the molecule is c1ccc(-c2ccc(N(c3ccc(-c4ccccc4)cc3)c3cccc(C4(c5ccccc5)c5ccccc5-c5ccccc5-c5ccccc54)c3)cc2)cc1.c1ccc(C2(c3cccc(N(c4ccc(-c5cccc6ccccc56)cc4)c4cccc5ccccc45)c3)c3ccccc3-c3ccccc3-c3ccccc32)cc1. The molecule has 21 rings (SSSR count). The molecule has 0 unspecified atom stereocenters. The molecule has 0 saturated carbocycles. The van der Waals surface area contributed by atoms with Gasteiger partial charge in [0, 0.05) is 33.8 Å². The molecular weight excluding hydrogens is 1370 g/mol. The van der Waals surface area contributed by atoms with Crippen LogP contribution in [0.15, 0.2) is 473 Å². The Morgan fingerprint density at radius 2 is 0.421 bits per heavy atom. The van der Waals surface area contributed by atoms with E-state index < -0.39 is 10.8 Å². The van der Waals surface area contributed by atoms with Gasteiger partial charge in [0.1, 0.15) is 0 Å². The zero-order chi connectivity index (χ0) is 75.8. The smallest absolute Gasteiger partial charge is 0.0714 e. The monoisotopic (exact) mass is 1450 g/mol. The summed E-state index contributed by atoms with van der Waals surface area (Å²) in [6, 6.07) is 174. The van der Waals surface area contributed by atoms with Crippen LogP contribution >= 0.6 is 0 Å². The zero-order valence-corrected chi connectivity index (χ0v) is 62.9. The van der Waals surface area contributed by atoms with E-state index in [1.165, 1.54) is 144 Å². The van der Waals surface area contributed by atoms with Crippen molar-refractivity contribution < 1.29 is 0 Å². The van der Waals surface area contributed by atoms with Gasteiger partial charge in [-0.3, -0.25) is 0 Å². The van der Waals surface area contributed by atoms with Crippen molar-refractivity contribution >= 4 is 55.7 Å². The maximum Gasteiger partial charge on any atom is 0.0714 e. The lowest BCUT2D eigenvalue weighted by atomic mass is 9.63. The highest BCUT2D eigenvalue weighted by atomic mass is 15.1. The fraction of sp³-hybridized carbons (Fsp3) is 0.0179. The van der Waals surface area contributed by atoms with Crippen LogP contribution in [0.25, 0.3) is 99.4 Å². The molecule has 2 heteroatoms. The first-order chi connectivity index (χ1) is 56.6. The third-order valence-electron chi connectivity index (χ3n) is 23.5. The molecule has 2 aliphatic carbocycles. The molecule has 0 amide bonds. The van der Waals surface area contributed by atoms with Gasteiger partial charge in [-0.25, -0.2) is 0 Å². The number of nitrogens with zero attached hydrogens (tertiary/aromatic N) is 2. The topological polar surface area (TPSA) is 6.48 Å². The molecule has 0 atom stereocenters. The Kier molecular flexibility index (Phi) is 17.8. The fourth-order valence-electron chi connectivity index (χ4n) is 18.5. The molecule has 0 radical (unpaired) electrons.